The van der Waals surface area contributed by atoms with Gasteiger partial charge in [-0.25, -0.2) is 4.79 Å². The first-order valence-electron chi connectivity index (χ1n) is 3.03. The van der Waals surface area contributed by atoms with Gasteiger partial charge in [0.2, 0.25) is 0 Å². The summed E-state index contributed by atoms with van der Waals surface area (Å²) in [5.74, 6) is 0.604. The van der Waals surface area contributed by atoms with E-state index < -0.39 is 6.09 Å². The second-order valence-corrected chi connectivity index (χ2v) is 2.09. The molecule has 0 N–H and O–H groups in total. The van der Waals surface area contributed by atoms with Gasteiger partial charge < -0.3 is 4.74 Å². The molecular formula is C7H5NO2. The number of rotatable bonds is 0. The van der Waals surface area contributed by atoms with Gasteiger partial charge in [-0.05, 0) is 6.08 Å². The number of carbonyl (C=O) groups excluding carboxylic acids is 1. The van der Waals surface area contributed by atoms with Gasteiger partial charge in [0.05, 0.1) is 5.71 Å². The first-order valence-corrected chi connectivity index (χ1v) is 3.03. The molecule has 0 saturated heterocycles. The second-order valence-electron chi connectivity index (χ2n) is 2.09. The third-order valence-electron chi connectivity index (χ3n) is 1.40. The number of ether oxygens (including phenoxy) is 1. The number of aliphatic imine (C=N–C) groups is 1. The standard InChI is InChI=1S/C7H5NO2/c9-7-8-5-3-1-2-4-6(5)10-7/h1-2,4H,3H2. The van der Waals surface area contributed by atoms with Gasteiger partial charge in [0.15, 0.2) is 5.76 Å². The van der Waals surface area contributed by atoms with Crippen LogP contribution in [0.25, 0.3) is 0 Å². The minimum Gasteiger partial charge on any atom is -0.407 e. The highest BCUT2D eigenvalue weighted by Gasteiger charge is 2.21. The minimum atomic E-state index is -0.495. The van der Waals surface area contributed by atoms with E-state index in [1.54, 1.807) is 6.08 Å². The van der Waals surface area contributed by atoms with Crippen LogP contribution in [0.5, 0.6) is 0 Å². The normalized spacial score (nSPS) is 21.4. The Kier molecular flexibility index (Phi) is 0.974. The van der Waals surface area contributed by atoms with Gasteiger partial charge >= 0.3 is 6.09 Å². The second kappa shape index (κ2) is 1.80. The SMILES string of the molecule is O=C1N=C2CC=CC=C2O1. The molecule has 0 atom stereocenters. The first-order chi connectivity index (χ1) is 4.86. The van der Waals surface area contributed by atoms with E-state index in [0.717, 1.165) is 5.71 Å². The lowest BCUT2D eigenvalue weighted by Gasteiger charge is -1.99. The van der Waals surface area contributed by atoms with E-state index in [4.69, 9.17) is 4.74 Å². The predicted molar refractivity (Wildman–Crippen MR) is 35.8 cm³/mol. The zero-order valence-electron chi connectivity index (χ0n) is 5.20. The van der Waals surface area contributed by atoms with Crippen molar-refractivity contribution < 1.29 is 9.53 Å². The van der Waals surface area contributed by atoms with Crippen LogP contribution in [-0.4, -0.2) is 11.8 Å². The topological polar surface area (TPSA) is 38.7 Å². The van der Waals surface area contributed by atoms with Crippen LogP contribution in [0.15, 0.2) is 29.0 Å². The van der Waals surface area contributed by atoms with E-state index in [0.29, 0.717) is 12.2 Å². The summed E-state index contributed by atoms with van der Waals surface area (Å²) < 4.78 is 4.73. The van der Waals surface area contributed by atoms with E-state index >= 15 is 0 Å². The highest BCUT2D eigenvalue weighted by molar-refractivity contribution is 6.10. The summed E-state index contributed by atoms with van der Waals surface area (Å²) in [4.78, 5) is 14.2. The summed E-state index contributed by atoms with van der Waals surface area (Å²) in [6.07, 6.45) is 5.74. The van der Waals surface area contributed by atoms with Crippen LogP contribution in [0.3, 0.4) is 0 Å². The first kappa shape index (κ1) is 5.41. The van der Waals surface area contributed by atoms with Crippen molar-refractivity contribution in [3.8, 4) is 0 Å². The van der Waals surface area contributed by atoms with Crippen LogP contribution in [0.2, 0.25) is 0 Å². The van der Waals surface area contributed by atoms with Crippen molar-refractivity contribution in [1.29, 1.82) is 0 Å². The molecule has 0 aromatic carbocycles. The zero-order valence-corrected chi connectivity index (χ0v) is 5.20. The number of nitrogens with zero attached hydrogens (tertiary/aromatic N) is 1. The van der Waals surface area contributed by atoms with Gasteiger partial charge in [-0.3, -0.25) is 0 Å². The fourth-order valence-corrected chi connectivity index (χ4v) is 0.953. The molecule has 1 aliphatic heterocycles. The van der Waals surface area contributed by atoms with Crippen molar-refractivity contribution in [3.63, 3.8) is 0 Å². The van der Waals surface area contributed by atoms with Crippen molar-refractivity contribution in [1.82, 2.24) is 0 Å². The summed E-state index contributed by atoms with van der Waals surface area (Å²) in [6, 6.07) is 0. The summed E-state index contributed by atoms with van der Waals surface area (Å²) in [5.41, 5.74) is 0.743. The van der Waals surface area contributed by atoms with Crippen molar-refractivity contribution in [3.05, 3.63) is 24.0 Å². The molecule has 1 aliphatic carbocycles. The molecule has 2 rings (SSSR count). The maximum atomic E-state index is 10.5. The summed E-state index contributed by atoms with van der Waals surface area (Å²) in [7, 11) is 0. The molecule has 1 heterocycles. The highest BCUT2D eigenvalue weighted by Crippen LogP contribution is 2.17. The van der Waals surface area contributed by atoms with Crippen LogP contribution in [0.1, 0.15) is 6.42 Å². The lowest BCUT2D eigenvalue weighted by molar-refractivity contribution is 0.197. The Labute approximate surface area is 57.7 Å². The van der Waals surface area contributed by atoms with Gasteiger partial charge in [-0.2, -0.15) is 4.99 Å². The van der Waals surface area contributed by atoms with E-state index in [1.165, 1.54) is 0 Å². The molecule has 0 saturated carbocycles. The van der Waals surface area contributed by atoms with Crippen LogP contribution in [0, 0.1) is 0 Å². The van der Waals surface area contributed by atoms with E-state index in [9.17, 15) is 4.79 Å². The highest BCUT2D eigenvalue weighted by atomic mass is 16.6. The van der Waals surface area contributed by atoms with Crippen LogP contribution in [0.4, 0.5) is 4.79 Å². The Balaban J connectivity index is 2.41. The van der Waals surface area contributed by atoms with Gasteiger partial charge in [-0.1, -0.05) is 12.2 Å². The lowest BCUT2D eigenvalue weighted by Crippen LogP contribution is -1.99. The summed E-state index contributed by atoms with van der Waals surface area (Å²) in [6.45, 7) is 0. The molecule has 2 aliphatic rings. The van der Waals surface area contributed by atoms with Gasteiger partial charge in [0.25, 0.3) is 0 Å². The van der Waals surface area contributed by atoms with Crippen molar-refractivity contribution >= 4 is 11.8 Å². The number of amides is 1. The fourth-order valence-electron chi connectivity index (χ4n) is 0.953. The smallest absolute Gasteiger partial charge is 0.407 e. The number of hydrogen-bond acceptors (Lipinski definition) is 2. The maximum absolute atomic E-state index is 10.5. The van der Waals surface area contributed by atoms with E-state index in [-0.39, 0.29) is 0 Å². The van der Waals surface area contributed by atoms with Crippen LogP contribution < -0.4 is 0 Å². The lowest BCUT2D eigenvalue weighted by atomic mass is 10.1. The predicted octanol–water partition coefficient (Wildman–Crippen LogP) is 1.42. The summed E-state index contributed by atoms with van der Waals surface area (Å²) >= 11 is 0. The zero-order chi connectivity index (χ0) is 6.97. The summed E-state index contributed by atoms with van der Waals surface area (Å²) in [5, 5.41) is 0. The molecule has 0 bridgehead atoms. The number of allylic oxidation sites excluding steroid dienone is 4. The van der Waals surface area contributed by atoms with Gasteiger partial charge in [0, 0.05) is 6.42 Å². The van der Waals surface area contributed by atoms with Gasteiger partial charge in [-0.15, -0.1) is 0 Å². The third-order valence-corrected chi connectivity index (χ3v) is 1.40. The Morgan fingerprint density at radius 3 is 3.30 bits per heavy atom. The fraction of sp³-hybridized carbons (Fsp3) is 0.143. The Morgan fingerprint density at radius 2 is 2.50 bits per heavy atom. The average molecular weight is 135 g/mol. The van der Waals surface area contributed by atoms with Crippen LogP contribution in [-0.2, 0) is 4.74 Å². The molecule has 0 aromatic heterocycles. The van der Waals surface area contributed by atoms with Crippen molar-refractivity contribution in [2.45, 2.75) is 6.42 Å². The molecule has 0 spiro atoms. The van der Waals surface area contributed by atoms with Crippen LogP contribution >= 0.6 is 0 Å². The molecule has 3 heteroatoms. The molecule has 0 aromatic rings. The van der Waals surface area contributed by atoms with Gasteiger partial charge in [0.1, 0.15) is 0 Å². The largest absolute Gasteiger partial charge is 0.439 e. The van der Waals surface area contributed by atoms with E-state index in [2.05, 4.69) is 4.99 Å². The molecule has 10 heavy (non-hydrogen) atoms. The molecule has 0 fully saturated rings. The molecule has 50 valence electrons. The Morgan fingerprint density at radius 1 is 1.60 bits per heavy atom. The number of fused-ring (bicyclic) bond motifs is 1. The number of carbonyl (C=O) groups is 1. The third kappa shape index (κ3) is 0.673. The van der Waals surface area contributed by atoms with E-state index in [1.807, 2.05) is 12.2 Å². The Hall–Kier alpha value is -1.38. The quantitative estimate of drug-likeness (QED) is 0.503. The Bertz CT molecular complexity index is 273. The minimum absolute atomic E-state index is 0.495. The van der Waals surface area contributed by atoms with Crippen molar-refractivity contribution in [2.24, 2.45) is 4.99 Å². The monoisotopic (exact) mass is 135 g/mol. The molecular weight excluding hydrogens is 130 g/mol. The molecule has 0 unspecified atom stereocenters. The maximum Gasteiger partial charge on any atom is 0.439 e. The molecule has 3 nitrogen and oxygen atoms in total. The number of hydrogen-bond donors (Lipinski definition) is 0. The molecule has 0 radical (unpaired) electrons. The average Bonchev–Trinajstić information content (AvgIpc) is 2.27. The van der Waals surface area contributed by atoms with Crippen molar-refractivity contribution in [2.75, 3.05) is 0 Å². The molecule has 1 amide bonds.